The molecular weight excluding hydrogens is 208 g/mol. The van der Waals surface area contributed by atoms with E-state index >= 15 is 0 Å². The average Bonchev–Trinajstić information content (AvgIpc) is 2.66. The third-order valence-electron chi connectivity index (χ3n) is 2.51. The fraction of sp³-hybridized carbons (Fsp3) is 0.727. The molecule has 0 aliphatic heterocycles. The van der Waals surface area contributed by atoms with Crippen molar-refractivity contribution in [3.63, 3.8) is 0 Å². The van der Waals surface area contributed by atoms with Gasteiger partial charge in [-0.3, -0.25) is 4.68 Å². The molecule has 0 unspecified atom stereocenters. The maximum atomic E-state index is 5.64. The molecule has 1 aromatic rings. The van der Waals surface area contributed by atoms with Gasteiger partial charge < -0.3 is 4.74 Å². The van der Waals surface area contributed by atoms with Gasteiger partial charge in [-0.1, -0.05) is 6.92 Å². The number of ether oxygens (including phenoxy) is 1. The van der Waals surface area contributed by atoms with Crippen LogP contribution in [0, 0.1) is 0 Å². The number of nitrogens with zero attached hydrogens (tertiary/aromatic N) is 2. The van der Waals surface area contributed by atoms with Crippen molar-refractivity contribution in [2.45, 2.75) is 45.1 Å². The zero-order valence-electron chi connectivity index (χ0n) is 10.2. The third kappa shape index (κ3) is 3.16. The maximum absolute atomic E-state index is 5.64. The number of rotatable bonds is 5. The van der Waals surface area contributed by atoms with E-state index in [9.17, 15) is 0 Å². The number of thioether (sulfide) groups is 1. The lowest BCUT2D eigenvalue weighted by atomic mass is 10.3. The summed E-state index contributed by atoms with van der Waals surface area (Å²) >= 11 is 1.76. The van der Waals surface area contributed by atoms with Crippen LogP contribution < -0.4 is 4.74 Å². The van der Waals surface area contributed by atoms with Gasteiger partial charge in [-0.2, -0.15) is 0 Å². The molecule has 1 heterocycles. The van der Waals surface area contributed by atoms with Gasteiger partial charge in [0, 0.05) is 12.3 Å². The molecule has 0 N–H and O–H groups in total. The van der Waals surface area contributed by atoms with Crippen LogP contribution in [0.1, 0.15) is 34.1 Å². The van der Waals surface area contributed by atoms with Gasteiger partial charge in [-0.15, -0.1) is 16.9 Å². The fourth-order valence-electron chi connectivity index (χ4n) is 1.05. The summed E-state index contributed by atoms with van der Waals surface area (Å²) in [6.07, 6.45) is 5.27. The summed E-state index contributed by atoms with van der Waals surface area (Å²) in [4.78, 5) is -0.0168. The Hall–Kier alpha value is -0.640. The van der Waals surface area contributed by atoms with Crippen LogP contribution in [0.2, 0.25) is 0 Å². The molecule has 1 aromatic heterocycles. The molecular formula is C11H20N2OS. The molecule has 4 heteroatoms. The van der Waals surface area contributed by atoms with Crippen LogP contribution in [-0.4, -0.2) is 22.1 Å². The molecule has 0 aliphatic rings. The molecule has 0 bridgehead atoms. The van der Waals surface area contributed by atoms with Crippen LogP contribution in [0.25, 0.3) is 0 Å². The Morgan fingerprint density at radius 2 is 2.27 bits per heavy atom. The van der Waals surface area contributed by atoms with Gasteiger partial charge in [0.2, 0.25) is 5.88 Å². The molecule has 0 saturated heterocycles. The van der Waals surface area contributed by atoms with E-state index in [2.05, 4.69) is 39.0 Å². The molecule has 0 aliphatic carbocycles. The van der Waals surface area contributed by atoms with Crippen LogP contribution >= 0.6 is 11.8 Å². The molecule has 15 heavy (non-hydrogen) atoms. The van der Waals surface area contributed by atoms with Crippen molar-refractivity contribution in [1.82, 2.24) is 9.78 Å². The lowest BCUT2D eigenvalue weighted by Crippen LogP contribution is -2.22. The summed E-state index contributed by atoms with van der Waals surface area (Å²) in [6, 6.07) is 1.92. The highest BCUT2D eigenvalue weighted by molar-refractivity contribution is 7.99. The van der Waals surface area contributed by atoms with E-state index < -0.39 is 0 Å². The summed E-state index contributed by atoms with van der Waals surface area (Å²) in [7, 11) is 0. The Morgan fingerprint density at radius 1 is 1.60 bits per heavy atom. The van der Waals surface area contributed by atoms with E-state index in [1.54, 1.807) is 11.8 Å². The SMILES string of the molecule is CC[C@H](C)Oc1ccn(C(C)(C)SC)n1. The fourth-order valence-corrected chi connectivity index (χ4v) is 1.34. The van der Waals surface area contributed by atoms with Gasteiger partial charge in [0.1, 0.15) is 4.87 Å². The second-order valence-corrected chi connectivity index (χ2v) is 5.49. The summed E-state index contributed by atoms with van der Waals surface area (Å²) in [5.41, 5.74) is 0. The summed E-state index contributed by atoms with van der Waals surface area (Å²) in [5, 5.41) is 4.41. The lowest BCUT2D eigenvalue weighted by Gasteiger charge is -2.22. The molecule has 86 valence electrons. The molecule has 0 aromatic carbocycles. The Morgan fingerprint density at radius 3 is 2.80 bits per heavy atom. The van der Waals surface area contributed by atoms with E-state index in [0.717, 1.165) is 6.42 Å². The zero-order valence-corrected chi connectivity index (χ0v) is 11.0. The van der Waals surface area contributed by atoms with Crippen LogP contribution in [-0.2, 0) is 4.87 Å². The van der Waals surface area contributed by atoms with Crippen molar-refractivity contribution >= 4 is 11.8 Å². The summed E-state index contributed by atoms with van der Waals surface area (Å²) < 4.78 is 7.58. The second-order valence-electron chi connectivity index (χ2n) is 4.09. The molecule has 0 fully saturated rings. The van der Waals surface area contributed by atoms with E-state index in [1.165, 1.54) is 0 Å². The van der Waals surface area contributed by atoms with E-state index in [0.29, 0.717) is 5.88 Å². The van der Waals surface area contributed by atoms with Gasteiger partial charge in [0.15, 0.2) is 0 Å². The molecule has 1 rings (SSSR count). The molecule has 0 spiro atoms. The first-order valence-corrected chi connectivity index (χ1v) is 6.50. The largest absolute Gasteiger partial charge is 0.474 e. The standard InChI is InChI=1S/C11H20N2OS/c1-6-9(2)14-10-7-8-13(12-10)11(3,4)15-5/h7-9H,6H2,1-5H3/t9-/m0/s1. The van der Waals surface area contributed by atoms with Gasteiger partial charge in [0.05, 0.1) is 6.10 Å². The van der Waals surface area contributed by atoms with Crippen LogP contribution in [0.15, 0.2) is 12.3 Å². The lowest BCUT2D eigenvalue weighted by molar-refractivity contribution is 0.205. The van der Waals surface area contributed by atoms with Crippen LogP contribution in [0.4, 0.5) is 0 Å². The van der Waals surface area contributed by atoms with Crippen LogP contribution in [0.5, 0.6) is 5.88 Å². The van der Waals surface area contributed by atoms with Gasteiger partial charge in [0.25, 0.3) is 0 Å². The van der Waals surface area contributed by atoms with Gasteiger partial charge in [-0.25, -0.2) is 0 Å². The summed E-state index contributed by atoms with van der Waals surface area (Å²) in [5.74, 6) is 0.714. The highest BCUT2D eigenvalue weighted by atomic mass is 32.2. The summed E-state index contributed by atoms with van der Waals surface area (Å²) in [6.45, 7) is 8.43. The quantitative estimate of drug-likeness (QED) is 0.775. The smallest absolute Gasteiger partial charge is 0.233 e. The Labute approximate surface area is 96.2 Å². The second kappa shape index (κ2) is 4.92. The van der Waals surface area contributed by atoms with Gasteiger partial charge in [-0.05, 0) is 33.4 Å². The molecule has 0 amide bonds. The molecule has 0 saturated carbocycles. The Balaban J connectivity index is 2.72. The monoisotopic (exact) mass is 228 g/mol. The van der Waals surface area contributed by atoms with Crippen molar-refractivity contribution in [3.05, 3.63) is 12.3 Å². The molecule has 1 atom stereocenters. The van der Waals surface area contributed by atoms with Crippen molar-refractivity contribution in [3.8, 4) is 5.88 Å². The minimum Gasteiger partial charge on any atom is -0.474 e. The minimum atomic E-state index is -0.0168. The van der Waals surface area contributed by atoms with Crippen molar-refractivity contribution < 1.29 is 4.74 Å². The molecule has 0 radical (unpaired) electrons. The first-order valence-electron chi connectivity index (χ1n) is 5.27. The van der Waals surface area contributed by atoms with E-state index in [4.69, 9.17) is 4.74 Å². The topological polar surface area (TPSA) is 27.1 Å². The highest BCUT2D eigenvalue weighted by Crippen LogP contribution is 2.27. The number of aromatic nitrogens is 2. The molecule has 3 nitrogen and oxygen atoms in total. The van der Waals surface area contributed by atoms with E-state index in [1.807, 2.05) is 16.9 Å². The average molecular weight is 228 g/mol. The third-order valence-corrected chi connectivity index (χ3v) is 3.70. The van der Waals surface area contributed by atoms with E-state index in [-0.39, 0.29) is 11.0 Å². The Bertz CT molecular complexity index is 309. The predicted octanol–water partition coefficient (Wildman–Crippen LogP) is 3.12. The first kappa shape index (κ1) is 12.4. The Kier molecular flexibility index (Phi) is 4.08. The number of hydrogen-bond donors (Lipinski definition) is 0. The van der Waals surface area contributed by atoms with Gasteiger partial charge >= 0.3 is 0 Å². The first-order chi connectivity index (χ1) is 6.99. The van der Waals surface area contributed by atoms with Crippen LogP contribution in [0.3, 0.4) is 0 Å². The highest BCUT2D eigenvalue weighted by Gasteiger charge is 2.19. The zero-order chi connectivity index (χ0) is 11.5. The van der Waals surface area contributed by atoms with Crippen molar-refractivity contribution in [2.75, 3.05) is 6.26 Å². The minimum absolute atomic E-state index is 0.0168. The predicted molar refractivity (Wildman–Crippen MR) is 65.4 cm³/mol. The normalized spacial score (nSPS) is 13.9. The van der Waals surface area contributed by atoms with Crippen molar-refractivity contribution in [2.24, 2.45) is 0 Å². The number of hydrogen-bond acceptors (Lipinski definition) is 3. The van der Waals surface area contributed by atoms with Crippen molar-refractivity contribution in [1.29, 1.82) is 0 Å². The maximum Gasteiger partial charge on any atom is 0.233 e.